The molecule has 10 N–H and O–H groups in total. The molecule has 0 fully saturated rings. The van der Waals surface area contributed by atoms with Crippen LogP contribution in [-0.2, 0) is 54.5 Å². The molecule has 0 aliphatic carbocycles. The fraction of sp³-hybridized carbons (Fsp3) is 0.458. The molecule has 3 rings (SSSR count). The van der Waals surface area contributed by atoms with Gasteiger partial charge in [-0.15, -0.1) is 0 Å². The fourth-order valence-electron chi connectivity index (χ4n) is 7.56. The van der Waals surface area contributed by atoms with Crippen molar-refractivity contribution in [2.75, 3.05) is 38.6 Å². The third-order valence-electron chi connectivity index (χ3n) is 11.4. The predicted octanol–water partition coefficient (Wildman–Crippen LogP) is 0.923. The van der Waals surface area contributed by atoms with Crippen molar-refractivity contribution in [1.82, 2.24) is 41.0 Å². The summed E-state index contributed by atoms with van der Waals surface area (Å²) in [4.78, 5) is 130. The van der Waals surface area contributed by atoms with Crippen LogP contribution in [0.4, 0.5) is 8.78 Å². The largest absolute Gasteiger partial charge is 0.481 e. The molecule has 1 heterocycles. The highest BCUT2D eigenvalue weighted by Gasteiger charge is 2.39. The normalized spacial score (nSPS) is 13.2. The Labute approximate surface area is 427 Å². The zero-order valence-corrected chi connectivity index (χ0v) is 42.5. The number of rotatable bonds is 28. The minimum absolute atomic E-state index is 0.0864. The molecular weight excluding hydrogens is 1030 g/mol. The molecule has 22 nitrogen and oxygen atoms in total. The van der Waals surface area contributed by atoms with E-state index in [0.29, 0.717) is 5.69 Å². The molecule has 0 unspecified atom stereocenters. The van der Waals surface area contributed by atoms with Crippen molar-refractivity contribution in [3.63, 3.8) is 0 Å². The summed E-state index contributed by atoms with van der Waals surface area (Å²) in [5.41, 5.74) is 5.87. The number of likely N-dealkylation sites (N-methyl/N-ethyl adjacent to an activating group) is 1. The molecule has 0 aliphatic heterocycles. The number of halogens is 3. The molecule has 0 saturated heterocycles. The maximum atomic E-state index is 15.3. The zero-order valence-electron chi connectivity index (χ0n) is 40.9. The highest BCUT2D eigenvalue weighted by atomic mass is 79.9. The first-order valence-electron chi connectivity index (χ1n) is 22.9. The van der Waals surface area contributed by atoms with Crippen molar-refractivity contribution in [3.8, 4) is 11.1 Å². The monoisotopic (exact) mass is 1090 g/mol. The molecule has 0 saturated carbocycles. The van der Waals surface area contributed by atoms with Crippen LogP contribution < -0.4 is 32.3 Å². The molecular formula is C48H62BrF2N9O13. The maximum absolute atomic E-state index is 15.3. The first kappa shape index (κ1) is 60.0. The van der Waals surface area contributed by atoms with Crippen molar-refractivity contribution in [2.24, 2.45) is 11.1 Å². The Bertz CT molecular complexity index is 2490. The Morgan fingerprint density at radius 3 is 2.04 bits per heavy atom. The summed E-state index contributed by atoms with van der Waals surface area (Å²) in [6.07, 6.45) is -1.26. The van der Waals surface area contributed by atoms with Crippen molar-refractivity contribution in [2.45, 2.75) is 96.6 Å². The summed E-state index contributed by atoms with van der Waals surface area (Å²) < 4.78 is 31.7. The number of hydrogen-bond acceptors (Lipinski definition) is 11. The summed E-state index contributed by atoms with van der Waals surface area (Å²) >= 11 is 2.95. The van der Waals surface area contributed by atoms with E-state index in [4.69, 9.17) is 10.8 Å². The van der Waals surface area contributed by atoms with Crippen LogP contribution in [0.5, 0.6) is 0 Å². The van der Waals surface area contributed by atoms with Gasteiger partial charge >= 0.3 is 11.9 Å². The van der Waals surface area contributed by atoms with Crippen LogP contribution in [0.2, 0.25) is 0 Å². The van der Waals surface area contributed by atoms with E-state index in [1.54, 1.807) is 55.8 Å². The highest BCUT2D eigenvalue weighted by Crippen LogP contribution is 2.41. The summed E-state index contributed by atoms with van der Waals surface area (Å²) in [6, 6.07) is 6.25. The van der Waals surface area contributed by atoms with Gasteiger partial charge < -0.3 is 62.0 Å². The molecule has 0 spiro atoms. The minimum atomic E-state index is -1.77. The van der Waals surface area contributed by atoms with E-state index in [-0.39, 0.29) is 23.0 Å². The first-order chi connectivity index (χ1) is 34.3. The summed E-state index contributed by atoms with van der Waals surface area (Å²) in [7, 11) is 1.25. The van der Waals surface area contributed by atoms with Crippen molar-refractivity contribution >= 4 is 75.1 Å². The number of aliphatic hydroxyl groups excluding tert-OH is 1. The van der Waals surface area contributed by atoms with Gasteiger partial charge in [-0.2, -0.15) is 0 Å². The maximum Gasteiger partial charge on any atom is 0.326 e. The molecule has 0 radical (unpaired) electrons. The van der Waals surface area contributed by atoms with E-state index in [1.165, 1.54) is 18.9 Å². The lowest BCUT2D eigenvalue weighted by molar-refractivity contribution is -0.143. The van der Waals surface area contributed by atoms with Gasteiger partial charge in [-0.25, -0.2) is 13.6 Å². The van der Waals surface area contributed by atoms with Crippen LogP contribution in [-0.4, -0.2) is 152 Å². The number of nitrogens with one attached hydrogen (secondary N) is 5. The molecule has 1 aromatic heterocycles. The Morgan fingerprint density at radius 2 is 1.45 bits per heavy atom. The van der Waals surface area contributed by atoms with Gasteiger partial charge in [0.05, 0.1) is 24.3 Å². The van der Waals surface area contributed by atoms with E-state index in [2.05, 4.69) is 42.5 Å². The van der Waals surface area contributed by atoms with Gasteiger partial charge in [-0.3, -0.25) is 43.2 Å². The van der Waals surface area contributed by atoms with Crippen LogP contribution in [0.25, 0.3) is 11.1 Å². The predicted molar refractivity (Wildman–Crippen MR) is 262 cm³/mol. The summed E-state index contributed by atoms with van der Waals surface area (Å²) in [6.45, 7) is 4.35. The third-order valence-corrected chi connectivity index (χ3v) is 11.9. The standard InChI is InChI=1S/C48H62BrF2N9O13/c1-27(58(5)40(65)23-54-39(64)22-49)44(69)57-35(21-37(52)62)46(71)56-33(45(70)53-17-15-38(63)55-34(47(72)73)13-14-42(67)68)16-18-60(41(66)26-61)43(48(2,3)4)36-19-29(31-20-30(50)11-12-32(31)51)25-59(36)24-28-9-7-6-8-10-28/h6-12,19-20,25,27,33-35,43,61H,13-18,21-24,26H2,1-5H3,(H2,52,62)(H,53,70)(H,54,64)(H,55,63)(H,56,71)(H,57,69)(H,67,68)(H,72,73)/t27-,33-,34+,35-,43-/m0/s1. The van der Waals surface area contributed by atoms with Gasteiger partial charge in [0.25, 0.3) is 0 Å². The van der Waals surface area contributed by atoms with Gasteiger partial charge in [0.2, 0.25) is 47.3 Å². The number of carbonyl (C=O) groups is 10. The molecule has 25 heteroatoms. The summed E-state index contributed by atoms with van der Waals surface area (Å²) in [5.74, 6) is -11.4. The fourth-order valence-corrected chi connectivity index (χ4v) is 7.76. The number of benzene rings is 2. The quantitative estimate of drug-likeness (QED) is 0.0458. The molecule has 8 amide bonds. The second-order valence-corrected chi connectivity index (χ2v) is 18.6. The molecule has 3 aromatic rings. The topological polar surface area (TPSA) is 329 Å². The summed E-state index contributed by atoms with van der Waals surface area (Å²) in [5, 5.41) is 40.6. The Kier molecular flexibility index (Phi) is 23.1. The number of carboxylic acid groups (broad SMARTS) is 2. The van der Waals surface area contributed by atoms with Crippen LogP contribution in [0, 0.1) is 17.0 Å². The number of aromatic nitrogens is 1. The second kappa shape index (κ2) is 28.1. The Hall–Kier alpha value is -7.28. The smallest absolute Gasteiger partial charge is 0.326 e. The van der Waals surface area contributed by atoms with Gasteiger partial charge in [0, 0.05) is 62.5 Å². The highest BCUT2D eigenvalue weighted by molar-refractivity contribution is 9.09. The average molecular weight is 1090 g/mol. The molecule has 0 aliphatic rings. The van der Waals surface area contributed by atoms with Gasteiger partial charge in [0.1, 0.15) is 42.4 Å². The number of aliphatic carboxylic acids is 2. The van der Waals surface area contributed by atoms with E-state index in [9.17, 15) is 62.5 Å². The number of carboxylic acids is 2. The number of primary amides is 1. The van der Waals surface area contributed by atoms with Crippen LogP contribution in [0.15, 0.2) is 60.8 Å². The van der Waals surface area contributed by atoms with Gasteiger partial charge in [-0.1, -0.05) is 67.0 Å². The lowest BCUT2D eigenvalue weighted by atomic mass is 9.82. The first-order valence-corrected chi connectivity index (χ1v) is 24.0. The number of nitrogens with two attached hydrogens (primary N) is 1. The number of nitrogens with zero attached hydrogens (tertiary/aromatic N) is 3. The number of carbonyl (C=O) groups excluding carboxylic acids is 8. The Morgan fingerprint density at radius 1 is 0.795 bits per heavy atom. The van der Waals surface area contributed by atoms with Crippen molar-refractivity contribution < 1.29 is 72.0 Å². The average Bonchev–Trinajstić information content (AvgIpc) is 3.73. The van der Waals surface area contributed by atoms with Gasteiger partial charge in [0.15, 0.2) is 0 Å². The number of hydrogen-bond donors (Lipinski definition) is 9. The third kappa shape index (κ3) is 18.7. The van der Waals surface area contributed by atoms with Crippen molar-refractivity contribution in [1.29, 1.82) is 0 Å². The lowest BCUT2D eigenvalue weighted by Crippen LogP contribution is -2.58. The Balaban J connectivity index is 2.07. The molecule has 398 valence electrons. The van der Waals surface area contributed by atoms with E-state index in [1.807, 2.05) is 12.1 Å². The lowest BCUT2D eigenvalue weighted by Gasteiger charge is -2.41. The zero-order chi connectivity index (χ0) is 54.7. The number of alkyl halides is 1. The number of amides is 8. The van der Waals surface area contributed by atoms with Crippen LogP contribution in [0.1, 0.15) is 77.1 Å². The van der Waals surface area contributed by atoms with Gasteiger partial charge in [-0.05, 0) is 55.0 Å². The van der Waals surface area contributed by atoms with E-state index in [0.717, 1.165) is 28.7 Å². The van der Waals surface area contributed by atoms with Crippen molar-refractivity contribution in [3.05, 3.63) is 83.7 Å². The second-order valence-electron chi connectivity index (χ2n) is 18.0. The van der Waals surface area contributed by atoms with E-state index >= 15 is 4.39 Å². The van der Waals surface area contributed by atoms with Crippen LogP contribution in [0.3, 0.4) is 0 Å². The molecule has 2 aromatic carbocycles. The number of aliphatic hydroxyl groups is 1. The van der Waals surface area contributed by atoms with E-state index < -0.39 is 165 Å². The SMILES string of the molecule is C[C@@H](C(=O)N[C@@H](CC(N)=O)C(=O)N[C@@H](CCN(C(=O)CO)[C@@H](c1cc(-c2cc(F)ccc2F)cn1Cc1ccccc1)C(C)(C)C)C(=O)NCCC(=O)N[C@H](CCC(=O)O)C(=O)O)N(C)C(=O)CNC(=O)CBr. The minimum Gasteiger partial charge on any atom is -0.481 e. The molecule has 73 heavy (non-hydrogen) atoms. The molecule has 5 atom stereocenters. The molecule has 0 bridgehead atoms. The van der Waals surface area contributed by atoms with Crippen LogP contribution >= 0.6 is 15.9 Å².